The molecule has 0 aliphatic carbocycles. The molecule has 0 saturated heterocycles. The molecule has 0 radical (unpaired) electrons. The number of hydroxylamine groups is 3. The molecule has 0 fully saturated rings. The van der Waals surface area contributed by atoms with Gasteiger partial charge in [0, 0.05) is 6.92 Å². The zero-order valence-corrected chi connectivity index (χ0v) is 5.97. The minimum absolute atomic E-state index is 0.134. The third-order valence-corrected chi connectivity index (χ3v) is 0.709. The number of amides is 1. The maximum Gasteiger partial charge on any atom is 0.221 e. The van der Waals surface area contributed by atoms with Gasteiger partial charge in [-0.2, -0.15) is 0 Å². The van der Waals surface area contributed by atoms with Crippen molar-refractivity contribution < 1.29 is 9.44 Å². The van der Waals surface area contributed by atoms with E-state index in [4.69, 9.17) is 0 Å². The summed E-state index contributed by atoms with van der Waals surface area (Å²) in [6, 6.07) is 0. The van der Waals surface area contributed by atoms with E-state index < -0.39 is 4.65 Å². The number of rotatable bonds is 2. The molecule has 4 nitrogen and oxygen atoms in total. The van der Waals surface area contributed by atoms with E-state index in [0.29, 0.717) is 0 Å². The lowest BCUT2D eigenvalue weighted by atomic mass is 10.7. The highest BCUT2D eigenvalue weighted by molar-refractivity contribution is 5.72. The predicted molar refractivity (Wildman–Crippen MR) is 34.2 cm³/mol. The second-order valence-electron chi connectivity index (χ2n) is 2.46. The molecule has 0 aromatic heterocycles. The van der Waals surface area contributed by atoms with Gasteiger partial charge in [0.2, 0.25) is 5.91 Å². The summed E-state index contributed by atoms with van der Waals surface area (Å²) in [5, 5.41) is 13.1. The largest absolute Gasteiger partial charge is 0.632 e. The van der Waals surface area contributed by atoms with E-state index in [9.17, 15) is 10.0 Å². The molecule has 1 N–H and O–H groups in total. The van der Waals surface area contributed by atoms with E-state index in [1.807, 2.05) is 0 Å². The summed E-state index contributed by atoms with van der Waals surface area (Å²) in [5.74, 6) is -0.169. The molecule has 1 amide bonds. The van der Waals surface area contributed by atoms with Gasteiger partial charge in [0.15, 0.2) is 6.67 Å². The third-order valence-electron chi connectivity index (χ3n) is 0.709. The van der Waals surface area contributed by atoms with Crippen molar-refractivity contribution in [3.05, 3.63) is 5.21 Å². The Morgan fingerprint density at radius 2 is 2.11 bits per heavy atom. The van der Waals surface area contributed by atoms with Crippen molar-refractivity contribution >= 4 is 5.91 Å². The molecular weight excluding hydrogens is 120 g/mol. The lowest BCUT2D eigenvalue weighted by Crippen LogP contribution is -2.42. The van der Waals surface area contributed by atoms with Gasteiger partial charge < -0.3 is 15.2 Å². The quantitative estimate of drug-likeness (QED) is 0.317. The first-order valence-electron chi connectivity index (χ1n) is 2.70. The summed E-state index contributed by atoms with van der Waals surface area (Å²) in [5.41, 5.74) is 0. The smallest absolute Gasteiger partial charge is 0.221 e. The molecule has 9 heavy (non-hydrogen) atoms. The topological polar surface area (TPSA) is 52.2 Å². The van der Waals surface area contributed by atoms with Gasteiger partial charge >= 0.3 is 0 Å². The average Bonchev–Trinajstić information content (AvgIpc) is 1.59. The Morgan fingerprint density at radius 3 is 2.22 bits per heavy atom. The van der Waals surface area contributed by atoms with E-state index in [0.717, 1.165) is 0 Å². The molecule has 0 aliphatic rings. The first kappa shape index (κ1) is 8.39. The van der Waals surface area contributed by atoms with Crippen LogP contribution in [-0.4, -0.2) is 31.3 Å². The van der Waals surface area contributed by atoms with Crippen LogP contribution in [0.2, 0.25) is 0 Å². The fourth-order valence-corrected chi connectivity index (χ4v) is 0.302. The molecular formula is C5H12N2O2. The summed E-state index contributed by atoms with van der Waals surface area (Å²) in [6.45, 7) is 1.52. The third kappa shape index (κ3) is 7.39. The molecule has 0 aromatic carbocycles. The highest BCUT2D eigenvalue weighted by atomic mass is 16.5. The molecule has 0 heterocycles. The number of hydrogen-bond donors (Lipinski definition) is 1. The first-order chi connectivity index (χ1) is 3.92. The zero-order valence-electron chi connectivity index (χ0n) is 5.97. The van der Waals surface area contributed by atoms with Crippen molar-refractivity contribution in [3.63, 3.8) is 0 Å². The van der Waals surface area contributed by atoms with Crippen LogP contribution in [0.25, 0.3) is 0 Å². The minimum Gasteiger partial charge on any atom is -0.632 e. The van der Waals surface area contributed by atoms with Crippen LogP contribution in [0, 0.1) is 5.21 Å². The Bertz CT molecular complexity index is 106. The molecule has 0 atom stereocenters. The van der Waals surface area contributed by atoms with Crippen molar-refractivity contribution in [3.8, 4) is 0 Å². The standard InChI is InChI=1S/C5H12N2O2/c1-5(8)6-4-7(2,3)9/h4H2,1-3H3,(H,6,8). The summed E-state index contributed by atoms with van der Waals surface area (Å²) in [6.07, 6.45) is 0. The van der Waals surface area contributed by atoms with Gasteiger partial charge in [-0.05, 0) is 0 Å². The molecule has 0 spiro atoms. The van der Waals surface area contributed by atoms with Crippen LogP contribution in [0.1, 0.15) is 6.92 Å². The Balaban J connectivity index is 3.39. The van der Waals surface area contributed by atoms with Gasteiger partial charge in [-0.25, -0.2) is 0 Å². The maximum atomic E-state index is 10.7. The van der Waals surface area contributed by atoms with Gasteiger partial charge in [-0.15, -0.1) is 0 Å². The second kappa shape index (κ2) is 2.80. The number of quaternary nitrogens is 1. The summed E-state index contributed by atoms with van der Waals surface area (Å²) < 4.78 is -0.487. The fourth-order valence-electron chi connectivity index (χ4n) is 0.302. The van der Waals surface area contributed by atoms with Gasteiger partial charge in [-0.3, -0.25) is 4.79 Å². The fraction of sp³-hybridized carbons (Fsp3) is 0.800. The number of hydrogen-bond acceptors (Lipinski definition) is 2. The lowest BCUT2D eigenvalue weighted by Gasteiger charge is -2.33. The van der Waals surface area contributed by atoms with Crippen molar-refractivity contribution in [2.45, 2.75) is 6.92 Å². The molecule has 0 aliphatic heterocycles. The van der Waals surface area contributed by atoms with Crippen LogP contribution >= 0.6 is 0 Å². The van der Waals surface area contributed by atoms with E-state index in [1.165, 1.54) is 21.0 Å². The number of carbonyl (C=O) groups excluding carboxylic acids is 1. The molecule has 0 saturated carbocycles. The average molecular weight is 132 g/mol. The molecule has 54 valence electrons. The highest BCUT2D eigenvalue weighted by Gasteiger charge is 1.99. The SMILES string of the molecule is CC(=O)NC[N+](C)(C)[O-]. The van der Waals surface area contributed by atoms with Crippen LogP contribution in [0.15, 0.2) is 0 Å². The molecule has 0 unspecified atom stereocenters. The first-order valence-corrected chi connectivity index (χ1v) is 2.70. The van der Waals surface area contributed by atoms with Crippen molar-refractivity contribution in [2.24, 2.45) is 0 Å². The monoisotopic (exact) mass is 132 g/mol. The molecule has 0 bridgehead atoms. The maximum absolute atomic E-state index is 10.7. The zero-order chi connectivity index (χ0) is 7.49. The van der Waals surface area contributed by atoms with E-state index in [2.05, 4.69) is 5.32 Å². The Labute approximate surface area is 54.6 Å². The van der Waals surface area contributed by atoms with Crippen LogP contribution < -0.4 is 5.32 Å². The molecule has 0 aromatic rings. The highest BCUT2D eigenvalue weighted by Crippen LogP contribution is 1.86. The number of nitrogens with zero attached hydrogens (tertiary/aromatic N) is 1. The van der Waals surface area contributed by atoms with Gasteiger partial charge in [0.05, 0.1) is 14.1 Å². The summed E-state index contributed by atoms with van der Waals surface area (Å²) in [4.78, 5) is 10.2. The minimum atomic E-state index is -0.487. The van der Waals surface area contributed by atoms with Gasteiger partial charge in [-0.1, -0.05) is 0 Å². The van der Waals surface area contributed by atoms with Crippen LogP contribution in [0.4, 0.5) is 0 Å². The lowest BCUT2D eigenvalue weighted by molar-refractivity contribution is -0.841. The summed E-state index contributed by atoms with van der Waals surface area (Å²) >= 11 is 0. The number of nitrogens with one attached hydrogen (secondary N) is 1. The van der Waals surface area contributed by atoms with E-state index in [-0.39, 0.29) is 12.6 Å². The predicted octanol–water partition coefficient (Wildman–Crippen LogP) is -0.346. The molecule has 0 rings (SSSR count). The summed E-state index contributed by atoms with van der Waals surface area (Å²) in [7, 11) is 2.94. The van der Waals surface area contributed by atoms with Gasteiger partial charge in [0.1, 0.15) is 0 Å². The van der Waals surface area contributed by atoms with Crippen LogP contribution in [0.3, 0.4) is 0 Å². The van der Waals surface area contributed by atoms with Crippen molar-refractivity contribution in [1.29, 1.82) is 0 Å². The van der Waals surface area contributed by atoms with Crippen molar-refractivity contribution in [2.75, 3.05) is 20.8 Å². The van der Waals surface area contributed by atoms with Crippen LogP contribution in [0.5, 0.6) is 0 Å². The Kier molecular flexibility index (Phi) is 2.61. The molecule has 4 heteroatoms. The van der Waals surface area contributed by atoms with Crippen molar-refractivity contribution in [1.82, 2.24) is 5.32 Å². The van der Waals surface area contributed by atoms with E-state index >= 15 is 0 Å². The van der Waals surface area contributed by atoms with Gasteiger partial charge in [0.25, 0.3) is 0 Å². The Morgan fingerprint density at radius 1 is 1.67 bits per heavy atom. The number of carbonyl (C=O) groups is 1. The second-order valence-corrected chi connectivity index (χ2v) is 2.46. The van der Waals surface area contributed by atoms with Crippen LogP contribution in [-0.2, 0) is 4.79 Å². The normalized spacial score (nSPS) is 11.1. The van der Waals surface area contributed by atoms with E-state index in [1.54, 1.807) is 0 Å². The Hall–Kier alpha value is -0.610.